The Balaban J connectivity index is 2.66. The molecule has 0 radical (unpaired) electrons. The third-order valence-corrected chi connectivity index (χ3v) is 2.43. The predicted octanol–water partition coefficient (Wildman–Crippen LogP) is -0.920. The maximum Gasteiger partial charge on any atom is 0.243 e. The van der Waals surface area contributed by atoms with Gasteiger partial charge in [0.2, 0.25) is 11.8 Å². The Kier molecular flexibility index (Phi) is 6.99. The van der Waals surface area contributed by atoms with Crippen LogP contribution in [0.15, 0.2) is 18.2 Å². The molecule has 0 spiro atoms. The number of hydrogen-bond donors (Lipinski definition) is 4. The molecular weight excluding hydrogens is 278 g/mol. The number of nitrogens with one attached hydrogen (secondary N) is 2. The van der Waals surface area contributed by atoms with E-state index in [2.05, 4.69) is 10.6 Å². The van der Waals surface area contributed by atoms with Crippen LogP contribution in [0.4, 0.5) is 5.69 Å². The zero-order chi connectivity index (χ0) is 15.7. The Labute approximate surface area is 122 Å². The van der Waals surface area contributed by atoms with Crippen LogP contribution in [-0.2, 0) is 9.59 Å². The molecule has 21 heavy (non-hydrogen) atoms. The molecule has 0 aliphatic rings. The van der Waals surface area contributed by atoms with Gasteiger partial charge in [0, 0.05) is 11.8 Å². The second-order valence-corrected chi connectivity index (χ2v) is 3.97. The van der Waals surface area contributed by atoms with Crippen molar-refractivity contribution in [3.05, 3.63) is 18.2 Å². The van der Waals surface area contributed by atoms with Gasteiger partial charge in [-0.1, -0.05) is 0 Å². The molecule has 0 saturated carbocycles. The predicted molar refractivity (Wildman–Crippen MR) is 76.3 cm³/mol. The SMILES string of the molecule is COc1ccc(NC(=O)CNC(=O)CN)cc1OCCO. The van der Waals surface area contributed by atoms with Gasteiger partial charge in [0.05, 0.1) is 26.8 Å². The van der Waals surface area contributed by atoms with E-state index in [9.17, 15) is 9.59 Å². The third kappa shape index (κ3) is 5.67. The average molecular weight is 297 g/mol. The normalized spacial score (nSPS) is 9.86. The van der Waals surface area contributed by atoms with E-state index in [1.54, 1.807) is 18.2 Å². The van der Waals surface area contributed by atoms with Gasteiger partial charge in [0.25, 0.3) is 0 Å². The van der Waals surface area contributed by atoms with Crippen molar-refractivity contribution in [1.82, 2.24) is 5.32 Å². The number of rotatable bonds is 8. The first kappa shape index (κ1) is 16.7. The Morgan fingerprint density at radius 3 is 2.67 bits per heavy atom. The smallest absolute Gasteiger partial charge is 0.243 e. The molecule has 1 rings (SSSR count). The molecule has 5 N–H and O–H groups in total. The van der Waals surface area contributed by atoms with Gasteiger partial charge < -0.3 is 30.9 Å². The lowest BCUT2D eigenvalue weighted by Gasteiger charge is -2.12. The first-order chi connectivity index (χ1) is 10.1. The molecule has 8 heteroatoms. The number of hydrogen-bond acceptors (Lipinski definition) is 6. The summed E-state index contributed by atoms with van der Waals surface area (Å²) in [6.07, 6.45) is 0. The number of aliphatic hydroxyl groups excluding tert-OH is 1. The van der Waals surface area contributed by atoms with Crippen LogP contribution in [0.5, 0.6) is 11.5 Å². The van der Waals surface area contributed by atoms with Gasteiger partial charge in [-0.2, -0.15) is 0 Å². The van der Waals surface area contributed by atoms with E-state index in [0.717, 1.165) is 0 Å². The fourth-order valence-electron chi connectivity index (χ4n) is 1.48. The molecule has 0 unspecified atom stereocenters. The summed E-state index contributed by atoms with van der Waals surface area (Å²) in [5.74, 6) is 0.0788. The number of aliphatic hydroxyl groups is 1. The van der Waals surface area contributed by atoms with Gasteiger partial charge in [-0.3, -0.25) is 9.59 Å². The maximum absolute atomic E-state index is 11.6. The summed E-state index contributed by atoms with van der Waals surface area (Å²) >= 11 is 0. The van der Waals surface area contributed by atoms with Crippen molar-refractivity contribution in [2.24, 2.45) is 5.73 Å². The Bertz CT molecular complexity index is 493. The number of methoxy groups -OCH3 is 1. The van der Waals surface area contributed by atoms with E-state index in [1.165, 1.54) is 7.11 Å². The fraction of sp³-hybridized carbons (Fsp3) is 0.385. The van der Waals surface area contributed by atoms with Crippen LogP contribution in [0, 0.1) is 0 Å². The molecule has 1 aromatic rings. The number of carbonyl (C=O) groups is 2. The van der Waals surface area contributed by atoms with E-state index >= 15 is 0 Å². The highest BCUT2D eigenvalue weighted by Gasteiger charge is 2.09. The lowest BCUT2D eigenvalue weighted by Crippen LogP contribution is -2.36. The molecule has 0 aliphatic heterocycles. The minimum atomic E-state index is -0.410. The number of benzene rings is 1. The van der Waals surface area contributed by atoms with Crippen molar-refractivity contribution in [2.75, 3.05) is 38.7 Å². The molecule has 0 bridgehead atoms. The lowest BCUT2D eigenvalue weighted by atomic mass is 10.2. The Morgan fingerprint density at radius 1 is 1.29 bits per heavy atom. The van der Waals surface area contributed by atoms with E-state index < -0.39 is 11.8 Å². The highest BCUT2D eigenvalue weighted by Crippen LogP contribution is 2.30. The first-order valence-corrected chi connectivity index (χ1v) is 6.29. The standard InChI is InChI=1S/C13H19N3O5/c1-20-10-3-2-9(6-11(10)21-5-4-17)16-13(19)8-15-12(18)7-14/h2-3,6,17H,4-5,7-8,14H2,1H3,(H,15,18)(H,16,19). The molecule has 1 aromatic carbocycles. The molecular formula is C13H19N3O5. The largest absolute Gasteiger partial charge is 0.493 e. The number of anilines is 1. The fourth-order valence-corrected chi connectivity index (χ4v) is 1.48. The molecule has 0 atom stereocenters. The zero-order valence-electron chi connectivity index (χ0n) is 11.7. The molecule has 116 valence electrons. The summed E-state index contributed by atoms with van der Waals surface area (Å²) in [5, 5.41) is 13.7. The molecule has 0 aliphatic carbocycles. The van der Waals surface area contributed by atoms with E-state index in [4.69, 9.17) is 20.3 Å². The van der Waals surface area contributed by atoms with Crippen molar-refractivity contribution >= 4 is 17.5 Å². The second kappa shape index (κ2) is 8.77. The van der Waals surface area contributed by atoms with Crippen LogP contribution in [0.3, 0.4) is 0 Å². The topological polar surface area (TPSA) is 123 Å². The minimum Gasteiger partial charge on any atom is -0.493 e. The summed E-state index contributed by atoms with van der Waals surface area (Å²) < 4.78 is 10.4. The second-order valence-electron chi connectivity index (χ2n) is 3.97. The van der Waals surface area contributed by atoms with Gasteiger partial charge in [-0.05, 0) is 12.1 Å². The van der Waals surface area contributed by atoms with Crippen molar-refractivity contribution in [3.63, 3.8) is 0 Å². The van der Waals surface area contributed by atoms with Gasteiger partial charge in [-0.15, -0.1) is 0 Å². The van der Waals surface area contributed by atoms with Crippen LogP contribution < -0.4 is 25.8 Å². The number of carbonyl (C=O) groups excluding carboxylic acids is 2. The number of ether oxygens (including phenoxy) is 2. The number of amides is 2. The summed E-state index contributed by atoms with van der Waals surface area (Å²) in [7, 11) is 1.49. The summed E-state index contributed by atoms with van der Waals surface area (Å²) in [6, 6.07) is 4.82. The van der Waals surface area contributed by atoms with Crippen LogP contribution in [-0.4, -0.2) is 50.3 Å². The van der Waals surface area contributed by atoms with Crippen molar-refractivity contribution < 1.29 is 24.2 Å². The quantitative estimate of drug-likeness (QED) is 0.492. The van der Waals surface area contributed by atoms with Crippen LogP contribution in [0.1, 0.15) is 0 Å². The van der Waals surface area contributed by atoms with Gasteiger partial charge in [-0.25, -0.2) is 0 Å². The van der Waals surface area contributed by atoms with E-state index in [1.807, 2.05) is 0 Å². The molecule has 8 nitrogen and oxygen atoms in total. The molecule has 2 amide bonds. The van der Waals surface area contributed by atoms with Crippen molar-refractivity contribution in [3.8, 4) is 11.5 Å². The van der Waals surface area contributed by atoms with Gasteiger partial charge >= 0.3 is 0 Å². The van der Waals surface area contributed by atoms with Crippen LogP contribution in [0.25, 0.3) is 0 Å². The van der Waals surface area contributed by atoms with Gasteiger partial charge in [0.1, 0.15) is 6.61 Å². The van der Waals surface area contributed by atoms with Crippen molar-refractivity contribution in [1.29, 1.82) is 0 Å². The van der Waals surface area contributed by atoms with Crippen LogP contribution >= 0.6 is 0 Å². The van der Waals surface area contributed by atoms with E-state index in [0.29, 0.717) is 17.2 Å². The minimum absolute atomic E-state index is 0.111. The van der Waals surface area contributed by atoms with Crippen LogP contribution in [0.2, 0.25) is 0 Å². The summed E-state index contributed by atoms with van der Waals surface area (Å²) in [6.45, 7) is -0.366. The third-order valence-electron chi connectivity index (χ3n) is 2.43. The lowest BCUT2D eigenvalue weighted by molar-refractivity contribution is -0.123. The maximum atomic E-state index is 11.6. The first-order valence-electron chi connectivity index (χ1n) is 6.29. The molecule has 0 saturated heterocycles. The monoisotopic (exact) mass is 297 g/mol. The van der Waals surface area contributed by atoms with Crippen molar-refractivity contribution in [2.45, 2.75) is 0 Å². The Morgan fingerprint density at radius 2 is 2.05 bits per heavy atom. The highest BCUT2D eigenvalue weighted by atomic mass is 16.5. The molecule has 0 fully saturated rings. The Hall–Kier alpha value is -2.32. The molecule has 0 aromatic heterocycles. The average Bonchev–Trinajstić information content (AvgIpc) is 2.50. The zero-order valence-corrected chi connectivity index (χ0v) is 11.7. The molecule has 0 heterocycles. The highest BCUT2D eigenvalue weighted by molar-refractivity contribution is 5.94. The van der Waals surface area contributed by atoms with E-state index in [-0.39, 0.29) is 26.3 Å². The summed E-state index contributed by atoms with van der Waals surface area (Å²) in [4.78, 5) is 22.6. The number of nitrogens with two attached hydrogens (primary N) is 1. The van der Waals surface area contributed by atoms with Gasteiger partial charge in [0.15, 0.2) is 11.5 Å². The summed E-state index contributed by atoms with van der Waals surface area (Å²) in [5.41, 5.74) is 5.60.